The molecule has 1 fully saturated rings. The van der Waals surface area contributed by atoms with Crippen LogP contribution < -0.4 is 0 Å². The molecule has 16 heavy (non-hydrogen) atoms. The Morgan fingerprint density at radius 3 is 2.56 bits per heavy atom. The van der Waals surface area contributed by atoms with Crippen molar-refractivity contribution in [3.05, 3.63) is 29.3 Å². The lowest BCUT2D eigenvalue weighted by Crippen LogP contribution is -2.28. The standard InChI is InChI=1S/C13H18O3/c1-3-7-13(15-8-9-16-13)12-10(2)5-4-6-11(12)14/h4-6,14H,3,7-9H2,1-2H3. The van der Waals surface area contributed by atoms with Gasteiger partial charge in [0.2, 0.25) is 0 Å². The Morgan fingerprint density at radius 1 is 1.31 bits per heavy atom. The number of hydrogen-bond acceptors (Lipinski definition) is 3. The maximum atomic E-state index is 9.98. The average molecular weight is 222 g/mol. The van der Waals surface area contributed by atoms with Crippen LogP contribution in [0, 0.1) is 6.92 Å². The number of phenols is 1. The Balaban J connectivity index is 2.46. The van der Waals surface area contributed by atoms with Crippen molar-refractivity contribution in [2.45, 2.75) is 32.5 Å². The van der Waals surface area contributed by atoms with E-state index in [4.69, 9.17) is 9.47 Å². The van der Waals surface area contributed by atoms with Crippen LogP contribution in [0.15, 0.2) is 18.2 Å². The quantitative estimate of drug-likeness (QED) is 0.854. The van der Waals surface area contributed by atoms with Gasteiger partial charge in [-0.25, -0.2) is 0 Å². The zero-order valence-electron chi connectivity index (χ0n) is 9.82. The summed E-state index contributed by atoms with van der Waals surface area (Å²) in [6.07, 6.45) is 1.72. The third kappa shape index (κ3) is 1.81. The first-order valence-corrected chi connectivity index (χ1v) is 5.76. The molecule has 1 aromatic carbocycles. The van der Waals surface area contributed by atoms with Crippen molar-refractivity contribution in [1.82, 2.24) is 0 Å². The molecule has 1 heterocycles. The Bertz CT molecular complexity index is 347. The highest BCUT2D eigenvalue weighted by Gasteiger charge is 2.40. The van der Waals surface area contributed by atoms with Gasteiger partial charge in [-0.2, -0.15) is 0 Å². The molecule has 0 radical (unpaired) electrons. The number of rotatable bonds is 3. The van der Waals surface area contributed by atoms with Gasteiger partial charge in [-0.15, -0.1) is 0 Å². The van der Waals surface area contributed by atoms with E-state index in [2.05, 4.69) is 6.92 Å². The molecule has 0 saturated carbocycles. The van der Waals surface area contributed by atoms with Crippen LogP contribution in [0.4, 0.5) is 0 Å². The largest absolute Gasteiger partial charge is 0.507 e. The fraction of sp³-hybridized carbons (Fsp3) is 0.538. The molecule has 0 bridgehead atoms. The fourth-order valence-electron chi connectivity index (χ4n) is 2.35. The van der Waals surface area contributed by atoms with Crippen LogP contribution in [0.1, 0.15) is 30.9 Å². The first-order chi connectivity index (χ1) is 7.69. The van der Waals surface area contributed by atoms with Crippen LogP contribution in [0.3, 0.4) is 0 Å². The van der Waals surface area contributed by atoms with Crippen LogP contribution in [-0.4, -0.2) is 18.3 Å². The van der Waals surface area contributed by atoms with Crippen molar-refractivity contribution in [3.63, 3.8) is 0 Å². The van der Waals surface area contributed by atoms with Gasteiger partial charge >= 0.3 is 0 Å². The highest BCUT2D eigenvalue weighted by Crippen LogP contribution is 2.41. The van der Waals surface area contributed by atoms with E-state index in [1.54, 1.807) is 6.07 Å². The molecule has 0 spiro atoms. The Labute approximate surface area is 96.0 Å². The van der Waals surface area contributed by atoms with Crippen LogP contribution in [0.5, 0.6) is 5.75 Å². The molecule has 0 aliphatic carbocycles. The molecule has 1 saturated heterocycles. The van der Waals surface area contributed by atoms with Crippen molar-refractivity contribution < 1.29 is 14.6 Å². The molecule has 0 amide bonds. The SMILES string of the molecule is CCCC1(c2c(C)cccc2O)OCCO1. The van der Waals surface area contributed by atoms with Gasteiger partial charge in [0.25, 0.3) is 0 Å². The number of benzene rings is 1. The average Bonchev–Trinajstić information content (AvgIpc) is 2.67. The number of ether oxygens (including phenoxy) is 2. The number of phenolic OH excluding ortho intramolecular Hbond substituents is 1. The minimum Gasteiger partial charge on any atom is -0.507 e. The summed E-state index contributed by atoms with van der Waals surface area (Å²) in [7, 11) is 0. The van der Waals surface area contributed by atoms with E-state index < -0.39 is 5.79 Å². The minimum atomic E-state index is -0.732. The van der Waals surface area contributed by atoms with E-state index in [0.29, 0.717) is 13.2 Å². The van der Waals surface area contributed by atoms with E-state index in [1.807, 2.05) is 19.1 Å². The first-order valence-electron chi connectivity index (χ1n) is 5.76. The maximum absolute atomic E-state index is 9.98. The summed E-state index contributed by atoms with van der Waals surface area (Å²) in [6.45, 7) is 5.24. The van der Waals surface area contributed by atoms with Crippen molar-refractivity contribution in [2.75, 3.05) is 13.2 Å². The van der Waals surface area contributed by atoms with E-state index in [9.17, 15) is 5.11 Å². The fourth-order valence-corrected chi connectivity index (χ4v) is 2.35. The summed E-state index contributed by atoms with van der Waals surface area (Å²) in [5, 5.41) is 9.98. The topological polar surface area (TPSA) is 38.7 Å². The second kappa shape index (κ2) is 4.44. The van der Waals surface area contributed by atoms with Crippen molar-refractivity contribution in [2.24, 2.45) is 0 Å². The van der Waals surface area contributed by atoms with Gasteiger partial charge in [0.05, 0.1) is 18.8 Å². The second-order valence-electron chi connectivity index (χ2n) is 4.17. The van der Waals surface area contributed by atoms with Gasteiger partial charge in [-0.05, 0) is 18.6 Å². The van der Waals surface area contributed by atoms with Crippen LogP contribution in [0.25, 0.3) is 0 Å². The second-order valence-corrected chi connectivity index (χ2v) is 4.17. The maximum Gasteiger partial charge on any atom is 0.198 e. The smallest absolute Gasteiger partial charge is 0.198 e. The molecular formula is C13H18O3. The normalized spacial score (nSPS) is 18.9. The molecule has 0 aromatic heterocycles. The number of aryl methyl sites for hydroxylation is 1. The lowest BCUT2D eigenvalue weighted by molar-refractivity contribution is -0.172. The van der Waals surface area contributed by atoms with Gasteiger partial charge in [0.1, 0.15) is 5.75 Å². The molecule has 3 heteroatoms. The number of aromatic hydroxyl groups is 1. The first kappa shape index (κ1) is 11.4. The highest BCUT2D eigenvalue weighted by molar-refractivity contribution is 5.42. The van der Waals surface area contributed by atoms with Crippen molar-refractivity contribution in [3.8, 4) is 5.75 Å². The lowest BCUT2D eigenvalue weighted by atomic mass is 9.95. The lowest BCUT2D eigenvalue weighted by Gasteiger charge is -2.29. The predicted octanol–water partition coefficient (Wildman–Crippen LogP) is 2.70. The van der Waals surface area contributed by atoms with Crippen molar-refractivity contribution in [1.29, 1.82) is 0 Å². The Morgan fingerprint density at radius 2 is 2.00 bits per heavy atom. The molecule has 1 aliphatic rings. The van der Waals surface area contributed by atoms with Gasteiger partial charge in [0.15, 0.2) is 5.79 Å². The van der Waals surface area contributed by atoms with Gasteiger partial charge in [-0.1, -0.05) is 25.5 Å². The molecule has 0 atom stereocenters. The van der Waals surface area contributed by atoms with Crippen molar-refractivity contribution >= 4 is 0 Å². The van der Waals surface area contributed by atoms with Gasteiger partial charge in [0, 0.05) is 6.42 Å². The van der Waals surface area contributed by atoms with E-state index in [0.717, 1.165) is 24.0 Å². The highest BCUT2D eigenvalue weighted by atomic mass is 16.7. The molecular weight excluding hydrogens is 204 g/mol. The molecule has 3 nitrogen and oxygen atoms in total. The summed E-state index contributed by atoms with van der Waals surface area (Å²) in [5.74, 6) is -0.472. The monoisotopic (exact) mass is 222 g/mol. The number of hydrogen-bond donors (Lipinski definition) is 1. The summed E-state index contributed by atoms with van der Waals surface area (Å²) in [5.41, 5.74) is 1.80. The molecule has 1 aromatic rings. The summed E-state index contributed by atoms with van der Waals surface area (Å²) < 4.78 is 11.5. The summed E-state index contributed by atoms with van der Waals surface area (Å²) in [4.78, 5) is 0. The zero-order valence-corrected chi connectivity index (χ0v) is 9.82. The molecule has 88 valence electrons. The Hall–Kier alpha value is -1.06. The van der Waals surface area contributed by atoms with Crippen LogP contribution >= 0.6 is 0 Å². The molecule has 2 rings (SSSR count). The van der Waals surface area contributed by atoms with Gasteiger partial charge in [-0.3, -0.25) is 0 Å². The summed E-state index contributed by atoms with van der Waals surface area (Å²) in [6, 6.07) is 5.49. The summed E-state index contributed by atoms with van der Waals surface area (Å²) >= 11 is 0. The third-order valence-electron chi connectivity index (χ3n) is 2.96. The third-order valence-corrected chi connectivity index (χ3v) is 2.96. The van der Waals surface area contributed by atoms with E-state index >= 15 is 0 Å². The minimum absolute atomic E-state index is 0.260. The van der Waals surface area contributed by atoms with Crippen LogP contribution in [0.2, 0.25) is 0 Å². The van der Waals surface area contributed by atoms with Gasteiger partial charge < -0.3 is 14.6 Å². The molecule has 0 unspecified atom stereocenters. The Kier molecular flexibility index (Phi) is 3.17. The molecule has 1 aliphatic heterocycles. The zero-order chi connectivity index (χ0) is 11.6. The predicted molar refractivity (Wildman–Crippen MR) is 61.3 cm³/mol. The molecule has 1 N–H and O–H groups in total. The van der Waals surface area contributed by atoms with E-state index in [-0.39, 0.29) is 5.75 Å². The van der Waals surface area contributed by atoms with E-state index in [1.165, 1.54) is 0 Å². The van der Waals surface area contributed by atoms with Crippen LogP contribution in [-0.2, 0) is 15.3 Å².